The number of hydrogen-bond donors (Lipinski definition) is 1. The molecule has 0 aliphatic carbocycles. The second-order valence-electron chi connectivity index (χ2n) is 6.25. The zero-order valence-electron chi connectivity index (χ0n) is 13.1. The van der Waals surface area contributed by atoms with Gasteiger partial charge in [0, 0.05) is 17.8 Å². The first-order valence-corrected chi connectivity index (χ1v) is 7.58. The van der Waals surface area contributed by atoms with E-state index in [0.717, 1.165) is 18.5 Å². The third-order valence-electron chi connectivity index (χ3n) is 3.88. The van der Waals surface area contributed by atoms with Gasteiger partial charge in [0.05, 0.1) is 0 Å². The molecular formula is C16H25ClN2O. The fourth-order valence-corrected chi connectivity index (χ4v) is 1.91. The lowest BCUT2D eigenvalue weighted by Crippen LogP contribution is -2.37. The Bertz CT molecular complexity index is 470. The van der Waals surface area contributed by atoms with Crippen molar-refractivity contribution in [2.24, 2.45) is 11.3 Å². The van der Waals surface area contributed by atoms with Crippen molar-refractivity contribution in [3.63, 3.8) is 0 Å². The van der Waals surface area contributed by atoms with Crippen LogP contribution in [0.1, 0.15) is 57.1 Å². The molecule has 1 aromatic rings. The predicted molar refractivity (Wildman–Crippen MR) is 84.2 cm³/mol. The molecule has 0 fully saturated rings. The maximum Gasteiger partial charge on any atom is 0.251 e. The fraction of sp³-hybridized carbons (Fsp3) is 0.625. The van der Waals surface area contributed by atoms with Crippen LogP contribution in [0, 0.1) is 11.3 Å². The molecule has 0 spiro atoms. The number of carbonyl (C=O) groups is 1. The summed E-state index contributed by atoms with van der Waals surface area (Å²) in [5.41, 5.74) is 1.53. The van der Waals surface area contributed by atoms with E-state index in [1.807, 2.05) is 6.07 Å². The lowest BCUT2D eigenvalue weighted by molar-refractivity contribution is 0.0924. The SMILES string of the molecule is CCCc1cc(C(=O)NCC(C)(C)C(C)C)cc(Cl)n1. The molecule has 0 aliphatic heterocycles. The van der Waals surface area contributed by atoms with Gasteiger partial charge in [0.15, 0.2) is 0 Å². The van der Waals surface area contributed by atoms with Crippen molar-refractivity contribution in [2.75, 3.05) is 6.54 Å². The highest BCUT2D eigenvalue weighted by molar-refractivity contribution is 6.29. The molecule has 1 aromatic heterocycles. The average Bonchev–Trinajstić information content (AvgIpc) is 2.35. The van der Waals surface area contributed by atoms with Crippen LogP contribution < -0.4 is 5.32 Å². The lowest BCUT2D eigenvalue weighted by Gasteiger charge is -2.29. The van der Waals surface area contributed by atoms with Gasteiger partial charge in [0.1, 0.15) is 5.15 Å². The summed E-state index contributed by atoms with van der Waals surface area (Å²) < 4.78 is 0. The van der Waals surface area contributed by atoms with E-state index in [1.165, 1.54) is 0 Å². The molecule has 4 heteroatoms. The van der Waals surface area contributed by atoms with Crippen LogP contribution in [-0.4, -0.2) is 17.4 Å². The monoisotopic (exact) mass is 296 g/mol. The number of pyridine rings is 1. The van der Waals surface area contributed by atoms with Gasteiger partial charge in [0.25, 0.3) is 5.91 Å². The van der Waals surface area contributed by atoms with Crippen molar-refractivity contribution < 1.29 is 4.79 Å². The molecule has 20 heavy (non-hydrogen) atoms. The molecular weight excluding hydrogens is 272 g/mol. The number of nitrogens with zero attached hydrogens (tertiary/aromatic N) is 1. The van der Waals surface area contributed by atoms with Crippen molar-refractivity contribution in [3.8, 4) is 0 Å². The Morgan fingerprint density at radius 2 is 2.05 bits per heavy atom. The molecule has 1 amide bonds. The summed E-state index contributed by atoms with van der Waals surface area (Å²) >= 11 is 5.98. The van der Waals surface area contributed by atoms with Crippen LogP contribution in [0.5, 0.6) is 0 Å². The van der Waals surface area contributed by atoms with E-state index in [2.05, 4.69) is 44.9 Å². The van der Waals surface area contributed by atoms with Crippen LogP contribution in [0.4, 0.5) is 0 Å². The van der Waals surface area contributed by atoms with Gasteiger partial charge >= 0.3 is 0 Å². The zero-order valence-corrected chi connectivity index (χ0v) is 13.8. The largest absolute Gasteiger partial charge is 0.351 e. The molecule has 3 nitrogen and oxygen atoms in total. The molecule has 1 heterocycles. The Labute approximate surface area is 127 Å². The van der Waals surface area contributed by atoms with E-state index >= 15 is 0 Å². The van der Waals surface area contributed by atoms with Gasteiger partial charge in [0.2, 0.25) is 0 Å². The zero-order chi connectivity index (χ0) is 15.3. The van der Waals surface area contributed by atoms with Gasteiger partial charge in [-0.1, -0.05) is 52.6 Å². The Morgan fingerprint density at radius 1 is 1.40 bits per heavy atom. The van der Waals surface area contributed by atoms with Crippen LogP contribution in [0.25, 0.3) is 0 Å². The molecule has 1 N–H and O–H groups in total. The highest BCUT2D eigenvalue weighted by Crippen LogP contribution is 2.24. The smallest absolute Gasteiger partial charge is 0.251 e. The van der Waals surface area contributed by atoms with E-state index in [0.29, 0.717) is 23.2 Å². The second kappa shape index (κ2) is 7.07. The highest BCUT2D eigenvalue weighted by Gasteiger charge is 2.23. The van der Waals surface area contributed by atoms with Gasteiger partial charge < -0.3 is 5.32 Å². The van der Waals surface area contributed by atoms with Gasteiger partial charge in [-0.05, 0) is 29.9 Å². The predicted octanol–water partition coefficient (Wildman–Crippen LogP) is 4.10. The quantitative estimate of drug-likeness (QED) is 0.803. The van der Waals surface area contributed by atoms with Crippen molar-refractivity contribution in [3.05, 3.63) is 28.5 Å². The fourth-order valence-electron chi connectivity index (χ4n) is 1.68. The molecule has 0 unspecified atom stereocenters. The number of aryl methyl sites for hydroxylation is 1. The molecule has 0 saturated heterocycles. The van der Waals surface area contributed by atoms with Crippen LogP contribution in [0.2, 0.25) is 5.15 Å². The minimum Gasteiger partial charge on any atom is -0.351 e. The normalized spacial score (nSPS) is 11.8. The number of rotatable bonds is 6. The summed E-state index contributed by atoms with van der Waals surface area (Å²) in [6.45, 7) is 11.4. The van der Waals surface area contributed by atoms with Crippen LogP contribution >= 0.6 is 11.6 Å². The first-order valence-electron chi connectivity index (χ1n) is 7.21. The molecule has 112 valence electrons. The number of halogens is 1. The van der Waals surface area contributed by atoms with E-state index in [1.54, 1.807) is 6.07 Å². The van der Waals surface area contributed by atoms with Crippen molar-refractivity contribution in [2.45, 2.75) is 47.5 Å². The summed E-state index contributed by atoms with van der Waals surface area (Å²) in [6.07, 6.45) is 1.81. The molecule has 0 radical (unpaired) electrons. The molecule has 0 atom stereocenters. The van der Waals surface area contributed by atoms with Gasteiger partial charge in [-0.2, -0.15) is 0 Å². The summed E-state index contributed by atoms with van der Waals surface area (Å²) in [5.74, 6) is 0.417. The van der Waals surface area contributed by atoms with Crippen LogP contribution in [-0.2, 0) is 6.42 Å². The Morgan fingerprint density at radius 3 is 2.60 bits per heavy atom. The minimum absolute atomic E-state index is 0.0682. The third-order valence-corrected chi connectivity index (χ3v) is 4.08. The van der Waals surface area contributed by atoms with Crippen molar-refractivity contribution in [1.82, 2.24) is 10.3 Å². The van der Waals surface area contributed by atoms with Crippen molar-refractivity contribution >= 4 is 17.5 Å². The van der Waals surface area contributed by atoms with Crippen LogP contribution in [0.3, 0.4) is 0 Å². The summed E-state index contributed by atoms with van der Waals surface area (Å²) in [7, 11) is 0. The number of amides is 1. The van der Waals surface area contributed by atoms with Crippen molar-refractivity contribution in [1.29, 1.82) is 0 Å². The Balaban J connectivity index is 2.77. The summed E-state index contributed by atoms with van der Waals surface area (Å²) in [5, 5.41) is 3.37. The highest BCUT2D eigenvalue weighted by atomic mass is 35.5. The van der Waals surface area contributed by atoms with E-state index in [9.17, 15) is 4.79 Å². The molecule has 0 bridgehead atoms. The third kappa shape index (κ3) is 4.78. The molecule has 0 aromatic carbocycles. The average molecular weight is 297 g/mol. The first kappa shape index (κ1) is 17.0. The number of hydrogen-bond acceptors (Lipinski definition) is 2. The van der Waals surface area contributed by atoms with E-state index < -0.39 is 0 Å². The van der Waals surface area contributed by atoms with Crippen LogP contribution in [0.15, 0.2) is 12.1 Å². The van der Waals surface area contributed by atoms with Gasteiger partial charge in [-0.25, -0.2) is 4.98 Å². The standard InChI is InChI=1S/C16H25ClN2O/c1-6-7-13-8-12(9-14(17)19-13)15(20)18-10-16(4,5)11(2)3/h8-9,11H,6-7,10H2,1-5H3,(H,18,20). The maximum atomic E-state index is 12.2. The molecule has 0 aliphatic rings. The Hall–Kier alpha value is -1.09. The minimum atomic E-state index is -0.0830. The summed E-state index contributed by atoms with van der Waals surface area (Å²) in [4.78, 5) is 16.5. The topological polar surface area (TPSA) is 42.0 Å². The maximum absolute atomic E-state index is 12.2. The number of nitrogens with one attached hydrogen (secondary N) is 1. The number of aromatic nitrogens is 1. The lowest BCUT2D eigenvalue weighted by atomic mass is 9.81. The Kier molecular flexibility index (Phi) is 6.00. The summed E-state index contributed by atoms with van der Waals surface area (Å²) in [6, 6.07) is 3.45. The second-order valence-corrected chi connectivity index (χ2v) is 6.63. The van der Waals surface area contributed by atoms with Gasteiger partial charge in [-0.15, -0.1) is 0 Å². The molecule has 0 saturated carbocycles. The molecule has 1 rings (SSSR count). The first-order chi connectivity index (χ1) is 9.26. The number of carbonyl (C=O) groups excluding carboxylic acids is 1. The van der Waals surface area contributed by atoms with Gasteiger partial charge in [-0.3, -0.25) is 4.79 Å². The van der Waals surface area contributed by atoms with E-state index in [-0.39, 0.29) is 11.3 Å². The van der Waals surface area contributed by atoms with E-state index in [4.69, 9.17) is 11.6 Å².